The molecule has 1 N–H and O–H groups in total. The Hall–Kier alpha value is -2.73. The first-order valence-electron chi connectivity index (χ1n) is 10.7. The smallest absolute Gasteiger partial charge is 0.293 e. The van der Waals surface area contributed by atoms with Crippen molar-refractivity contribution in [2.75, 3.05) is 19.6 Å². The molecule has 2 heterocycles. The molecule has 0 aliphatic carbocycles. The fourth-order valence-electron chi connectivity index (χ4n) is 3.88. The van der Waals surface area contributed by atoms with E-state index in [-0.39, 0.29) is 31.0 Å². The summed E-state index contributed by atoms with van der Waals surface area (Å²) in [6.07, 6.45) is 2.32. The summed E-state index contributed by atoms with van der Waals surface area (Å²) >= 11 is 6.66. The molecule has 2 aromatic rings. The summed E-state index contributed by atoms with van der Waals surface area (Å²) in [6.45, 7) is -0.0241. The largest absolute Gasteiger partial charge is 0.353 e. The van der Waals surface area contributed by atoms with Crippen molar-refractivity contribution in [2.24, 2.45) is 0 Å². The van der Waals surface area contributed by atoms with E-state index in [9.17, 15) is 27.2 Å². The summed E-state index contributed by atoms with van der Waals surface area (Å²) in [5.74, 6) is -1.93. The lowest BCUT2D eigenvalue weighted by Crippen LogP contribution is -2.47. The van der Waals surface area contributed by atoms with Gasteiger partial charge in [0.1, 0.15) is 16.8 Å². The Balaban J connectivity index is 1.37. The first-order chi connectivity index (χ1) is 16.7. The van der Waals surface area contributed by atoms with Crippen LogP contribution >= 0.6 is 23.4 Å². The molecule has 2 fully saturated rings. The summed E-state index contributed by atoms with van der Waals surface area (Å²) in [6, 6.07) is 10.8. The molecular weight excluding hydrogens is 517 g/mol. The number of nitrogens with one attached hydrogen (secondary N) is 1. The number of rotatable bonds is 7. The number of benzene rings is 2. The first kappa shape index (κ1) is 25.4. The summed E-state index contributed by atoms with van der Waals surface area (Å²) in [5.41, 5.74) is 0.714. The lowest BCUT2D eigenvalue weighted by atomic mass is 10.2. The third kappa shape index (κ3) is 5.43. The molecule has 1 atom stereocenters. The third-order valence-corrected chi connectivity index (χ3v) is 8.71. The maximum Gasteiger partial charge on any atom is 0.293 e. The van der Waals surface area contributed by atoms with Crippen LogP contribution in [0.3, 0.4) is 0 Å². The molecule has 12 heteroatoms. The molecule has 0 saturated carbocycles. The number of hydrogen-bond donors (Lipinski definition) is 1. The minimum Gasteiger partial charge on any atom is -0.353 e. The number of halogens is 2. The van der Waals surface area contributed by atoms with Crippen LogP contribution in [0.5, 0.6) is 0 Å². The van der Waals surface area contributed by atoms with Crippen LogP contribution in [0.2, 0.25) is 5.02 Å². The lowest BCUT2D eigenvalue weighted by molar-refractivity contribution is -0.125. The van der Waals surface area contributed by atoms with Gasteiger partial charge in [0, 0.05) is 24.7 Å². The minimum absolute atomic E-state index is 0.0464. The van der Waals surface area contributed by atoms with E-state index in [1.54, 1.807) is 30.3 Å². The first-order valence-corrected chi connectivity index (χ1v) is 13.4. The number of hydrogen-bond acceptors (Lipinski definition) is 6. The molecule has 0 spiro atoms. The molecule has 2 aliphatic rings. The molecule has 2 aromatic carbocycles. The van der Waals surface area contributed by atoms with Crippen molar-refractivity contribution in [1.29, 1.82) is 0 Å². The van der Waals surface area contributed by atoms with Crippen molar-refractivity contribution >= 4 is 56.5 Å². The van der Waals surface area contributed by atoms with E-state index in [4.69, 9.17) is 11.6 Å². The Labute approximate surface area is 211 Å². The van der Waals surface area contributed by atoms with Gasteiger partial charge in [-0.1, -0.05) is 35.9 Å². The SMILES string of the molecule is O=C(NCCN1C(=O)S/C(=C\c2ccc(Cl)cc2)C1=O)[C@H]1CCCN1S(=O)(=O)c1ccccc1F. The average Bonchev–Trinajstić information content (AvgIpc) is 3.42. The molecule has 2 aliphatic heterocycles. The molecule has 3 amide bonds. The van der Waals surface area contributed by atoms with E-state index >= 15 is 0 Å². The standard InChI is InChI=1S/C23H21ClFN3O5S2/c24-16-9-7-15(8-10-16)14-19-22(30)27(23(31)34-19)13-11-26-21(29)18-5-3-12-28(18)35(32,33)20-6-2-1-4-17(20)25/h1-2,4,6-10,14,18H,3,5,11-13H2,(H,26,29)/b19-14-/t18-/m1/s1. The monoisotopic (exact) mass is 537 g/mol. The van der Waals surface area contributed by atoms with Crippen LogP contribution in [-0.4, -0.2) is 60.4 Å². The number of carbonyl (C=O) groups is 3. The maximum absolute atomic E-state index is 14.1. The highest BCUT2D eigenvalue weighted by molar-refractivity contribution is 8.18. The topological polar surface area (TPSA) is 104 Å². The Morgan fingerprint density at radius 3 is 2.60 bits per heavy atom. The second kappa shape index (κ2) is 10.5. The lowest BCUT2D eigenvalue weighted by Gasteiger charge is -2.24. The van der Waals surface area contributed by atoms with Crippen LogP contribution < -0.4 is 5.32 Å². The predicted octanol–water partition coefficient (Wildman–Crippen LogP) is 3.48. The van der Waals surface area contributed by atoms with E-state index in [2.05, 4.69) is 5.32 Å². The fourth-order valence-corrected chi connectivity index (χ4v) is 6.60. The van der Waals surface area contributed by atoms with Crippen LogP contribution in [0.25, 0.3) is 6.08 Å². The number of sulfonamides is 1. The molecule has 8 nitrogen and oxygen atoms in total. The number of imide groups is 1. The van der Waals surface area contributed by atoms with E-state index in [0.29, 0.717) is 17.0 Å². The summed E-state index contributed by atoms with van der Waals surface area (Å²) in [7, 11) is -4.20. The van der Waals surface area contributed by atoms with Crippen molar-refractivity contribution in [3.8, 4) is 0 Å². The molecular formula is C23H21ClFN3O5S2. The van der Waals surface area contributed by atoms with Gasteiger partial charge in [-0.25, -0.2) is 12.8 Å². The Morgan fingerprint density at radius 2 is 1.89 bits per heavy atom. The predicted molar refractivity (Wildman–Crippen MR) is 130 cm³/mol. The number of amides is 3. The summed E-state index contributed by atoms with van der Waals surface area (Å²) in [4.78, 5) is 38.5. The van der Waals surface area contributed by atoms with Gasteiger partial charge >= 0.3 is 0 Å². The van der Waals surface area contributed by atoms with Crippen LogP contribution in [0.4, 0.5) is 9.18 Å². The highest BCUT2D eigenvalue weighted by Gasteiger charge is 2.40. The van der Waals surface area contributed by atoms with Crippen LogP contribution in [0.15, 0.2) is 58.3 Å². The Kier molecular flexibility index (Phi) is 7.60. The molecule has 0 radical (unpaired) electrons. The van der Waals surface area contributed by atoms with E-state index in [1.807, 2.05) is 0 Å². The third-order valence-electron chi connectivity index (χ3n) is 5.61. The van der Waals surface area contributed by atoms with Crippen LogP contribution in [0.1, 0.15) is 18.4 Å². The van der Waals surface area contributed by atoms with Crippen molar-refractivity contribution in [1.82, 2.24) is 14.5 Å². The van der Waals surface area contributed by atoms with E-state index in [0.717, 1.165) is 33.1 Å². The second-order valence-electron chi connectivity index (χ2n) is 7.88. The van der Waals surface area contributed by atoms with Gasteiger partial charge in [-0.15, -0.1) is 0 Å². The van der Waals surface area contributed by atoms with Crippen LogP contribution in [-0.2, 0) is 19.6 Å². The van der Waals surface area contributed by atoms with E-state index < -0.39 is 43.8 Å². The number of carbonyl (C=O) groups excluding carboxylic acids is 3. The van der Waals surface area contributed by atoms with Gasteiger partial charge in [0.05, 0.1) is 4.91 Å². The maximum atomic E-state index is 14.1. The number of nitrogens with zero attached hydrogens (tertiary/aromatic N) is 2. The molecule has 2 saturated heterocycles. The summed E-state index contributed by atoms with van der Waals surface area (Å²) < 4.78 is 41.0. The highest BCUT2D eigenvalue weighted by atomic mass is 35.5. The van der Waals surface area contributed by atoms with Crippen molar-refractivity contribution in [3.63, 3.8) is 0 Å². The minimum atomic E-state index is -4.20. The zero-order valence-electron chi connectivity index (χ0n) is 18.3. The number of thioether (sulfide) groups is 1. The fraction of sp³-hybridized carbons (Fsp3) is 0.261. The average molecular weight is 538 g/mol. The Morgan fingerprint density at radius 1 is 1.17 bits per heavy atom. The molecule has 35 heavy (non-hydrogen) atoms. The van der Waals surface area contributed by atoms with Crippen molar-refractivity contribution < 1.29 is 27.2 Å². The van der Waals surface area contributed by atoms with Gasteiger partial charge in [0.15, 0.2) is 0 Å². The molecule has 184 valence electrons. The zero-order chi connectivity index (χ0) is 25.2. The zero-order valence-corrected chi connectivity index (χ0v) is 20.7. The summed E-state index contributed by atoms with van der Waals surface area (Å²) in [5, 5.41) is 2.69. The molecule has 0 unspecified atom stereocenters. The van der Waals surface area contributed by atoms with Gasteiger partial charge in [0.2, 0.25) is 15.9 Å². The highest BCUT2D eigenvalue weighted by Crippen LogP contribution is 2.32. The van der Waals surface area contributed by atoms with Crippen LogP contribution in [0, 0.1) is 5.82 Å². The molecule has 4 rings (SSSR count). The quantitative estimate of drug-likeness (QED) is 0.542. The molecule has 0 aromatic heterocycles. The van der Waals surface area contributed by atoms with Crippen molar-refractivity contribution in [2.45, 2.75) is 23.8 Å². The molecule has 0 bridgehead atoms. The van der Waals surface area contributed by atoms with E-state index in [1.165, 1.54) is 12.1 Å². The van der Waals surface area contributed by atoms with Gasteiger partial charge in [-0.3, -0.25) is 19.3 Å². The van der Waals surface area contributed by atoms with Gasteiger partial charge in [0.25, 0.3) is 11.1 Å². The normalized spacial score (nSPS) is 20.1. The van der Waals surface area contributed by atoms with Gasteiger partial charge in [-0.05, 0) is 60.5 Å². The Bertz CT molecular complexity index is 1300. The van der Waals surface area contributed by atoms with Gasteiger partial charge in [-0.2, -0.15) is 4.31 Å². The second-order valence-corrected chi connectivity index (χ2v) is 11.2. The van der Waals surface area contributed by atoms with Gasteiger partial charge < -0.3 is 5.32 Å². The van der Waals surface area contributed by atoms with Crippen molar-refractivity contribution in [3.05, 3.63) is 69.8 Å².